The zero-order valence-corrected chi connectivity index (χ0v) is 17.1. The van der Waals surface area contributed by atoms with E-state index in [9.17, 15) is 14.0 Å². The lowest BCUT2D eigenvalue weighted by atomic mass is 10.2. The second kappa shape index (κ2) is 9.02. The Morgan fingerprint density at radius 3 is 2.53 bits per heavy atom. The van der Waals surface area contributed by atoms with Gasteiger partial charge in [-0.25, -0.2) is 14.4 Å². The van der Waals surface area contributed by atoms with E-state index in [1.165, 1.54) is 41.6 Å². The van der Waals surface area contributed by atoms with E-state index in [4.69, 9.17) is 0 Å². The summed E-state index contributed by atoms with van der Waals surface area (Å²) < 4.78 is 14.0. The number of amides is 2. The van der Waals surface area contributed by atoms with Crippen molar-refractivity contribution in [3.8, 4) is 10.4 Å². The van der Waals surface area contributed by atoms with Gasteiger partial charge in [-0.3, -0.25) is 20.4 Å². The van der Waals surface area contributed by atoms with Gasteiger partial charge in [0.2, 0.25) is 5.91 Å². The zero-order chi connectivity index (χ0) is 20.9. The lowest BCUT2D eigenvalue weighted by Crippen LogP contribution is -2.42. The van der Waals surface area contributed by atoms with Gasteiger partial charge in [0.1, 0.15) is 17.2 Å². The van der Waals surface area contributed by atoms with Crippen molar-refractivity contribution in [2.45, 2.75) is 5.03 Å². The van der Waals surface area contributed by atoms with Crippen molar-refractivity contribution in [1.82, 2.24) is 20.8 Å². The van der Waals surface area contributed by atoms with Crippen LogP contribution in [0.4, 0.5) is 4.39 Å². The van der Waals surface area contributed by atoms with Crippen LogP contribution >= 0.6 is 23.1 Å². The number of hydrazine groups is 1. The highest BCUT2D eigenvalue weighted by molar-refractivity contribution is 8.00. The fourth-order valence-electron chi connectivity index (χ4n) is 2.65. The number of hydrogen-bond donors (Lipinski definition) is 2. The van der Waals surface area contributed by atoms with Crippen LogP contribution in [0.1, 0.15) is 10.4 Å². The highest BCUT2D eigenvalue weighted by Crippen LogP contribution is 2.36. The molecule has 0 aliphatic carbocycles. The first kappa shape index (κ1) is 20.0. The number of rotatable bonds is 5. The molecular formula is C21H15FN4O2S2. The number of nitrogens with zero attached hydrogens (tertiary/aromatic N) is 2. The summed E-state index contributed by atoms with van der Waals surface area (Å²) in [4.78, 5) is 33.6. The Balaban J connectivity index is 1.40. The summed E-state index contributed by atoms with van der Waals surface area (Å²) in [5.74, 6) is -0.960. The number of thioether (sulfide) groups is 1. The smallest absolute Gasteiger partial charge is 0.269 e. The summed E-state index contributed by atoms with van der Waals surface area (Å²) in [5.41, 5.74) is 6.89. The van der Waals surface area contributed by atoms with Gasteiger partial charge in [-0.05, 0) is 35.9 Å². The molecule has 0 spiro atoms. The molecule has 150 valence electrons. The van der Waals surface area contributed by atoms with Gasteiger partial charge in [0.05, 0.1) is 16.0 Å². The Morgan fingerprint density at radius 1 is 1.00 bits per heavy atom. The fourth-order valence-corrected chi connectivity index (χ4v) is 4.65. The highest BCUT2D eigenvalue weighted by Gasteiger charge is 2.13. The molecule has 30 heavy (non-hydrogen) atoms. The van der Waals surface area contributed by atoms with Crippen LogP contribution in [0.5, 0.6) is 0 Å². The minimum absolute atomic E-state index is 0.0744. The number of hydrogen-bond acceptors (Lipinski definition) is 6. The molecule has 4 rings (SSSR count). The number of aromatic nitrogens is 2. The standard InChI is InChI=1S/C21H15FN4O2S2/c22-15-8-6-13(7-9-15)17-10-16-19(30-17)21(24-12-23-16)29-11-18(27)25-26-20(28)14-4-2-1-3-5-14/h1-10,12H,11H2,(H,25,27)(H,26,28). The molecule has 0 fully saturated rings. The first-order valence-corrected chi connectivity index (χ1v) is 10.7. The largest absolute Gasteiger partial charge is 0.272 e. The van der Waals surface area contributed by atoms with Gasteiger partial charge in [0.15, 0.2) is 0 Å². The second-order valence-electron chi connectivity index (χ2n) is 6.17. The number of halogens is 1. The highest BCUT2D eigenvalue weighted by atomic mass is 32.2. The van der Waals surface area contributed by atoms with E-state index in [0.717, 1.165) is 20.7 Å². The van der Waals surface area contributed by atoms with Crippen molar-refractivity contribution < 1.29 is 14.0 Å². The Bertz CT molecular complexity index is 1200. The van der Waals surface area contributed by atoms with E-state index in [2.05, 4.69) is 20.8 Å². The van der Waals surface area contributed by atoms with Gasteiger partial charge in [-0.2, -0.15) is 0 Å². The number of carbonyl (C=O) groups is 2. The summed E-state index contributed by atoms with van der Waals surface area (Å²) >= 11 is 2.73. The van der Waals surface area contributed by atoms with Gasteiger partial charge in [0.25, 0.3) is 5.91 Å². The number of benzene rings is 2. The maximum atomic E-state index is 13.2. The van der Waals surface area contributed by atoms with Gasteiger partial charge in [0, 0.05) is 10.4 Å². The molecule has 2 aromatic carbocycles. The average molecular weight is 439 g/mol. The molecule has 4 aromatic rings. The SMILES string of the molecule is O=C(CSc1ncnc2cc(-c3ccc(F)cc3)sc12)NNC(=O)c1ccccc1. The third-order valence-corrected chi connectivity index (χ3v) is 6.40. The second-order valence-corrected chi connectivity index (χ2v) is 8.18. The van der Waals surface area contributed by atoms with E-state index in [-0.39, 0.29) is 23.4 Å². The molecule has 2 N–H and O–H groups in total. The van der Waals surface area contributed by atoms with Gasteiger partial charge in [-0.15, -0.1) is 11.3 Å². The predicted octanol–water partition coefficient (Wildman–Crippen LogP) is 4.05. The molecule has 9 heteroatoms. The lowest BCUT2D eigenvalue weighted by molar-refractivity contribution is -0.119. The fraction of sp³-hybridized carbons (Fsp3) is 0.0476. The average Bonchev–Trinajstić information content (AvgIpc) is 3.22. The predicted molar refractivity (Wildman–Crippen MR) is 116 cm³/mol. The van der Waals surface area contributed by atoms with Gasteiger partial charge in [-0.1, -0.05) is 42.1 Å². The van der Waals surface area contributed by atoms with Crippen molar-refractivity contribution in [3.63, 3.8) is 0 Å². The number of thiophene rings is 1. The molecule has 6 nitrogen and oxygen atoms in total. The molecule has 0 saturated heterocycles. The number of nitrogens with one attached hydrogen (secondary N) is 2. The van der Waals surface area contributed by atoms with Crippen LogP contribution in [0.15, 0.2) is 72.0 Å². The summed E-state index contributed by atoms with van der Waals surface area (Å²) in [6.07, 6.45) is 1.45. The summed E-state index contributed by atoms with van der Waals surface area (Å²) in [7, 11) is 0. The third-order valence-electron chi connectivity index (χ3n) is 4.10. The van der Waals surface area contributed by atoms with Crippen molar-refractivity contribution >= 4 is 45.1 Å². The molecule has 0 atom stereocenters. The van der Waals surface area contributed by atoms with Crippen molar-refractivity contribution in [1.29, 1.82) is 0 Å². The molecule has 2 aromatic heterocycles. The van der Waals surface area contributed by atoms with E-state index in [0.29, 0.717) is 10.6 Å². The van der Waals surface area contributed by atoms with Gasteiger partial charge < -0.3 is 0 Å². The molecule has 0 radical (unpaired) electrons. The maximum Gasteiger partial charge on any atom is 0.269 e. The summed E-state index contributed by atoms with van der Waals surface area (Å²) in [6.45, 7) is 0. The Hall–Kier alpha value is -3.30. The van der Waals surface area contributed by atoms with E-state index in [1.807, 2.05) is 6.07 Å². The molecule has 2 heterocycles. The molecule has 0 bridgehead atoms. The first-order chi connectivity index (χ1) is 14.6. The van der Waals surface area contributed by atoms with Gasteiger partial charge >= 0.3 is 0 Å². The van der Waals surface area contributed by atoms with Crippen LogP contribution in [-0.2, 0) is 4.79 Å². The number of carbonyl (C=O) groups excluding carboxylic acids is 2. The van der Waals surface area contributed by atoms with Crippen molar-refractivity contribution in [2.75, 3.05) is 5.75 Å². The monoisotopic (exact) mass is 438 g/mol. The van der Waals surface area contributed by atoms with Crippen molar-refractivity contribution in [3.05, 3.63) is 78.4 Å². The Kier molecular flexibility index (Phi) is 6.01. The number of fused-ring (bicyclic) bond motifs is 1. The third kappa shape index (κ3) is 4.64. The van der Waals surface area contributed by atoms with Crippen molar-refractivity contribution in [2.24, 2.45) is 0 Å². The van der Waals surface area contributed by atoms with Crippen LogP contribution < -0.4 is 10.9 Å². The van der Waals surface area contributed by atoms with E-state index < -0.39 is 0 Å². The lowest BCUT2D eigenvalue weighted by Gasteiger charge is -2.07. The van der Waals surface area contributed by atoms with E-state index in [1.54, 1.807) is 42.5 Å². The molecule has 0 aliphatic rings. The van der Waals surface area contributed by atoms with Crippen LogP contribution in [0.2, 0.25) is 0 Å². The molecule has 0 unspecified atom stereocenters. The van der Waals surface area contributed by atoms with Crippen LogP contribution in [0, 0.1) is 5.82 Å². The normalized spacial score (nSPS) is 10.7. The minimum Gasteiger partial charge on any atom is -0.272 e. The van der Waals surface area contributed by atoms with Crippen LogP contribution in [0.3, 0.4) is 0 Å². The Labute approximate surface area is 179 Å². The maximum absolute atomic E-state index is 13.2. The molecule has 2 amide bonds. The quantitative estimate of drug-likeness (QED) is 0.279. The molecular weight excluding hydrogens is 423 g/mol. The minimum atomic E-state index is -0.388. The Morgan fingerprint density at radius 2 is 1.77 bits per heavy atom. The van der Waals surface area contributed by atoms with E-state index >= 15 is 0 Å². The van der Waals surface area contributed by atoms with Crippen LogP contribution in [0.25, 0.3) is 20.7 Å². The first-order valence-electron chi connectivity index (χ1n) is 8.87. The topological polar surface area (TPSA) is 84.0 Å². The van der Waals surface area contributed by atoms with Crippen LogP contribution in [-0.4, -0.2) is 27.5 Å². The summed E-state index contributed by atoms with van der Waals surface area (Å²) in [5, 5.41) is 0.669. The molecule has 0 saturated carbocycles. The zero-order valence-electron chi connectivity index (χ0n) is 15.5. The summed E-state index contributed by atoms with van der Waals surface area (Å²) in [6, 6.07) is 16.8. The molecule has 0 aliphatic heterocycles.